The predicted molar refractivity (Wildman–Crippen MR) is 62.8 cm³/mol. The zero-order valence-electron chi connectivity index (χ0n) is 8.73. The highest BCUT2D eigenvalue weighted by atomic mass is 31.0. The monoisotopic (exact) mass is 201 g/mol. The lowest BCUT2D eigenvalue weighted by molar-refractivity contribution is 0.487. The number of hydrogen-bond donors (Lipinski definition) is 1. The van der Waals surface area contributed by atoms with E-state index in [1.54, 1.807) is 0 Å². The van der Waals surface area contributed by atoms with E-state index >= 15 is 0 Å². The summed E-state index contributed by atoms with van der Waals surface area (Å²) in [5.74, 6) is 0. The van der Waals surface area contributed by atoms with Gasteiger partial charge in [-0.05, 0) is 12.8 Å². The van der Waals surface area contributed by atoms with E-state index < -0.39 is 0 Å². The van der Waals surface area contributed by atoms with Crippen LogP contribution in [0.3, 0.4) is 0 Å². The number of nitrogens with one attached hydrogen (secondary N) is 1. The molecule has 1 atom stereocenters. The Morgan fingerprint density at radius 2 is 1.08 bits per heavy atom. The highest BCUT2D eigenvalue weighted by Gasteiger charge is 2.06. The van der Waals surface area contributed by atoms with Crippen molar-refractivity contribution in [2.45, 2.75) is 70.3 Å². The first-order valence-electron chi connectivity index (χ1n) is 5.89. The van der Waals surface area contributed by atoms with E-state index in [-0.39, 0.29) is 0 Å². The van der Waals surface area contributed by atoms with E-state index in [0.29, 0.717) is 0 Å². The molecule has 1 N–H and O–H groups in total. The molecule has 0 aromatic heterocycles. The lowest BCUT2D eigenvalue weighted by Crippen LogP contribution is -2.19. The van der Waals surface area contributed by atoms with Crippen molar-refractivity contribution in [1.29, 1.82) is 0 Å². The van der Waals surface area contributed by atoms with Gasteiger partial charge in [-0.1, -0.05) is 60.8 Å². The van der Waals surface area contributed by atoms with E-state index in [9.17, 15) is 0 Å². The summed E-state index contributed by atoms with van der Waals surface area (Å²) in [6.45, 7) is 0. The van der Waals surface area contributed by atoms with Gasteiger partial charge in [0.15, 0.2) is 0 Å². The molecule has 78 valence electrons. The minimum absolute atomic E-state index is 0.767. The number of hydrogen-bond acceptors (Lipinski definition) is 1. The third kappa shape index (κ3) is 5.65. The van der Waals surface area contributed by atoms with Gasteiger partial charge in [-0.2, -0.15) is 0 Å². The maximum atomic E-state index is 3.36. The van der Waals surface area contributed by atoms with Crippen molar-refractivity contribution in [2.24, 2.45) is 0 Å². The molecule has 0 aromatic carbocycles. The second-order valence-electron chi connectivity index (χ2n) is 4.27. The topological polar surface area (TPSA) is 12.0 Å². The Morgan fingerprint density at radius 3 is 1.46 bits per heavy atom. The van der Waals surface area contributed by atoms with E-state index in [4.69, 9.17) is 0 Å². The molecule has 2 heteroatoms. The molecule has 0 spiro atoms. The van der Waals surface area contributed by atoms with E-state index in [1.165, 1.54) is 64.2 Å². The smallest absolute Gasteiger partial charge is 0.00988 e. The van der Waals surface area contributed by atoms with Gasteiger partial charge < -0.3 is 0 Å². The van der Waals surface area contributed by atoms with Gasteiger partial charge in [-0.15, -0.1) is 0 Å². The van der Waals surface area contributed by atoms with Gasteiger partial charge in [0.2, 0.25) is 0 Å². The van der Waals surface area contributed by atoms with Crippen molar-refractivity contribution in [3.63, 3.8) is 0 Å². The summed E-state index contributed by atoms with van der Waals surface area (Å²) < 4.78 is 0. The lowest BCUT2D eigenvalue weighted by atomic mass is 10.0. The summed E-state index contributed by atoms with van der Waals surface area (Å²) >= 11 is 0. The van der Waals surface area contributed by atoms with Gasteiger partial charge in [0, 0.05) is 6.04 Å². The van der Waals surface area contributed by atoms with Crippen LogP contribution in [0.15, 0.2) is 0 Å². The Balaban J connectivity index is 2.18. The molecule has 1 unspecified atom stereocenters. The molecular formula is C11H24NP. The average Bonchev–Trinajstić information content (AvgIpc) is 2.22. The molecular weight excluding hydrogens is 177 g/mol. The van der Waals surface area contributed by atoms with Crippen LogP contribution in [0.2, 0.25) is 0 Å². The molecule has 1 nitrogen and oxygen atoms in total. The highest BCUT2D eigenvalue weighted by Crippen LogP contribution is 2.17. The first-order valence-corrected chi connectivity index (χ1v) is 6.47. The molecule has 13 heavy (non-hydrogen) atoms. The Morgan fingerprint density at radius 1 is 0.692 bits per heavy atom. The normalized spacial score (nSPS) is 23.8. The quantitative estimate of drug-likeness (QED) is 0.638. The van der Waals surface area contributed by atoms with Gasteiger partial charge in [-0.3, -0.25) is 5.09 Å². The van der Waals surface area contributed by atoms with Crippen molar-refractivity contribution in [3.8, 4) is 0 Å². The minimum atomic E-state index is 0.767. The van der Waals surface area contributed by atoms with E-state index in [0.717, 1.165) is 6.04 Å². The summed E-state index contributed by atoms with van der Waals surface area (Å²) in [6, 6.07) is 0.767. The largest absolute Gasteiger partial charge is 0.298 e. The zero-order valence-corrected chi connectivity index (χ0v) is 9.88. The minimum Gasteiger partial charge on any atom is -0.298 e. The Hall–Kier alpha value is 0.390. The zero-order chi connectivity index (χ0) is 9.36. The van der Waals surface area contributed by atoms with Crippen molar-refractivity contribution in [2.75, 3.05) is 0 Å². The first-order chi connectivity index (χ1) is 6.43. The molecule has 0 aromatic rings. The van der Waals surface area contributed by atoms with Crippen molar-refractivity contribution in [3.05, 3.63) is 0 Å². The van der Waals surface area contributed by atoms with Gasteiger partial charge in [0.05, 0.1) is 0 Å². The highest BCUT2D eigenvalue weighted by molar-refractivity contribution is 7.13. The van der Waals surface area contributed by atoms with E-state index in [2.05, 4.69) is 14.5 Å². The SMILES string of the molecule is PNC1CCCCCCCCCC1. The summed E-state index contributed by atoms with van der Waals surface area (Å²) in [5, 5.41) is 3.36. The molecule has 0 radical (unpaired) electrons. The van der Waals surface area contributed by atoms with Crippen molar-refractivity contribution < 1.29 is 0 Å². The lowest BCUT2D eigenvalue weighted by Gasteiger charge is -2.14. The molecule has 0 bridgehead atoms. The molecule has 0 saturated heterocycles. The molecule has 0 aliphatic heterocycles. The standard InChI is InChI=1S/C11H24NP/c13-12-11-9-7-5-3-1-2-4-6-8-10-11/h11-12H,1-10,13H2. The average molecular weight is 201 g/mol. The Labute approximate surface area is 85.3 Å². The Bertz CT molecular complexity index is 105. The Kier molecular flexibility index (Phi) is 6.85. The van der Waals surface area contributed by atoms with Crippen LogP contribution in [0.25, 0.3) is 0 Å². The second-order valence-corrected chi connectivity index (χ2v) is 4.60. The predicted octanol–water partition coefficient (Wildman–Crippen LogP) is 3.65. The summed E-state index contributed by atoms with van der Waals surface area (Å²) in [5.41, 5.74) is 0. The third-order valence-electron chi connectivity index (χ3n) is 3.09. The molecule has 1 aliphatic rings. The van der Waals surface area contributed by atoms with Gasteiger partial charge in [-0.25, -0.2) is 0 Å². The molecule has 0 heterocycles. The van der Waals surface area contributed by atoms with Crippen LogP contribution in [-0.4, -0.2) is 6.04 Å². The van der Waals surface area contributed by atoms with Crippen LogP contribution in [-0.2, 0) is 0 Å². The fourth-order valence-corrected chi connectivity index (χ4v) is 2.49. The molecule has 1 saturated carbocycles. The maximum absolute atomic E-state index is 3.36. The van der Waals surface area contributed by atoms with Gasteiger partial charge in [0.25, 0.3) is 0 Å². The fourth-order valence-electron chi connectivity index (χ4n) is 2.15. The van der Waals surface area contributed by atoms with Crippen molar-refractivity contribution >= 4 is 9.39 Å². The van der Waals surface area contributed by atoms with Gasteiger partial charge >= 0.3 is 0 Å². The molecule has 0 amide bonds. The van der Waals surface area contributed by atoms with Gasteiger partial charge in [0.1, 0.15) is 0 Å². The van der Waals surface area contributed by atoms with Crippen LogP contribution in [0.4, 0.5) is 0 Å². The fraction of sp³-hybridized carbons (Fsp3) is 1.00. The van der Waals surface area contributed by atoms with Crippen LogP contribution < -0.4 is 5.09 Å². The summed E-state index contributed by atoms with van der Waals surface area (Å²) in [6.07, 6.45) is 14.4. The molecule has 1 aliphatic carbocycles. The second kappa shape index (κ2) is 7.76. The van der Waals surface area contributed by atoms with Crippen LogP contribution in [0, 0.1) is 0 Å². The maximum Gasteiger partial charge on any atom is 0.00988 e. The van der Waals surface area contributed by atoms with Crippen LogP contribution >= 0.6 is 9.39 Å². The third-order valence-corrected chi connectivity index (χ3v) is 3.56. The summed E-state index contributed by atoms with van der Waals surface area (Å²) in [7, 11) is 2.68. The number of rotatable bonds is 1. The van der Waals surface area contributed by atoms with Crippen molar-refractivity contribution in [1.82, 2.24) is 5.09 Å². The first kappa shape index (κ1) is 11.5. The molecule has 1 rings (SSSR count). The molecule has 1 fully saturated rings. The summed E-state index contributed by atoms with van der Waals surface area (Å²) in [4.78, 5) is 0. The van der Waals surface area contributed by atoms with Crippen LogP contribution in [0.1, 0.15) is 64.2 Å². The van der Waals surface area contributed by atoms with E-state index in [1.807, 2.05) is 0 Å². The van der Waals surface area contributed by atoms with Crippen LogP contribution in [0.5, 0.6) is 0 Å².